The summed E-state index contributed by atoms with van der Waals surface area (Å²) in [7, 11) is 0. The van der Waals surface area contributed by atoms with E-state index >= 15 is 0 Å². The third kappa shape index (κ3) is 2.52. The first-order chi connectivity index (χ1) is 6.76. The standard InChI is InChI=1S/C8H15N3O3/c12-4-8(5-13,6-14)11-3-7-9-1-2-10-7/h1-2,11-14H,3-6H2,(H,9,10). The summed E-state index contributed by atoms with van der Waals surface area (Å²) in [6, 6.07) is 0. The van der Waals surface area contributed by atoms with E-state index in [0.29, 0.717) is 12.4 Å². The molecule has 0 aliphatic rings. The highest BCUT2D eigenvalue weighted by atomic mass is 16.3. The average molecular weight is 201 g/mol. The fourth-order valence-corrected chi connectivity index (χ4v) is 0.984. The van der Waals surface area contributed by atoms with E-state index < -0.39 is 5.54 Å². The molecule has 6 heteroatoms. The van der Waals surface area contributed by atoms with Crippen LogP contribution in [0.5, 0.6) is 0 Å². The van der Waals surface area contributed by atoms with Gasteiger partial charge in [-0.1, -0.05) is 0 Å². The molecule has 0 bridgehead atoms. The molecule has 0 aliphatic heterocycles. The molecule has 0 saturated carbocycles. The van der Waals surface area contributed by atoms with E-state index in [4.69, 9.17) is 15.3 Å². The minimum absolute atomic E-state index is 0.333. The van der Waals surface area contributed by atoms with Crippen LogP contribution >= 0.6 is 0 Å². The molecule has 5 N–H and O–H groups in total. The molecule has 0 unspecified atom stereocenters. The minimum atomic E-state index is -1.05. The van der Waals surface area contributed by atoms with Crippen molar-refractivity contribution in [1.29, 1.82) is 0 Å². The first-order valence-corrected chi connectivity index (χ1v) is 4.32. The molecular formula is C8H15N3O3. The molecule has 0 amide bonds. The second kappa shape index (κ2) is 5.06. The van der Waals surface area contributed by atoms with Gasteiger partial charge in [-0.05, 0) is 0 Å². The number of aliphatic hydroxyl groups is 3. The summed E-state index contributed by atoms with van der Waals surface area (Å²) in [5.41, 5.74) is -1.05. The summed E-state index contributed by atoms with van der Waals surface area (Å²) in [6.45, 7) is -0.642. The average Bonchev–Trinajstić information content (AvgIpc) is 2.74. The van der Waals surface area contributed by atoms with Crippen LogP contribution in [-0.4, -0.2) is 50.6 Å². The van der Waals surface area contributed by atoms with Crippen LogP contribution in [0.2, 0.25) is 0 Å². The SMILES string of the molecule is OCC(CO)(CO)NCc1ncc[nH]1. The van der Waals surface area contributed by atoms with Crippen LogP contribution in [0.15, 0.2) is 12.4 Å². The summed E-state index contributed by atoms with van der Waals surface area (Å²) in [5, 5.41) is 29.8. The monoisotopic (exact) mass is 201 g/mol. The molecule has 0 saturated heterocycles. The van der Waals surface area contributed by atoms with E-state index in [2.05, 4.69) is 15.3 Å². The Kier molecular flexibility index (Phi) is 4.02. The van der Waals surface area contributed by atoms with Crippen molar-refractivity contribution in [2.75, 3.05) is 19.8 Å². The number of aliphatic hydroxyl groups excluding tert-OH is 3. The lowest BCUT2D eigenvalue weighted by Crippen LogP contribution is -2.54. The zero-order chi connectivity index (χ0) is 10.4. The molecule has 1 aromatic heterocycles. The highest BCUT2D eigenvalue weighted by Crippen LogP contribution is 2.02. The Morgan fingerprint density at radius 1 is 1.29 bits per heavy atom. The predicted molar refractivity (Wildman–Crippen MR) is 49.4 cm³/mol. The first-order valence-electron chi connectivity index (χ1n) is 4.32. The fraction of sp³-hybridized carbons (Fsp3) is 0.625. The molecular weight excluding hydrogens is 186 g/mol. The Labute approximate surface area is 81.6 Å². The lowest BCUT2D eigenvalue weighted by Gasteiger charge is -2.28. The van der Waals surface area contributed by atoms with Crippen molar-refractivity contribution in [3.8, 4) is 0 Å². The van der Waals surface area contributed by atoms with Gasteiger partial charge in [0, 0.05) is 12.4 Å². The molecule has 6 nitrogen and oxygen atoms in total. The topological polar surface area (TPSA) is 101 Å². The van der Waals surface area contributed by atoms with Crippen molar-refractivity contribution in [2.45, 2.75) is 12.1 Å². The molecule has 14 heavy (non-hydrogen) atoms. The highest BCUT2D eigenvalue weighted by molar-refractivity contribution is 4.92. The Hall–Kier alpha value is -0.950. The second-order valence-corrected chi connectivity index (χ2v) is 3.14. The highest BCUT2D eigenvalue weighted by Gasteiger charge is 2.27. The van der Waals surface area contributed by atoms with Crippen LogP contribution < -0.4 is 5.32 Å². The van der Waals surface area contributed by atoms with E-state index in [-0.39, 0.29) is 19.8 Å². The molecule has 80 valence electrons. The van der Waals surface area contributed by atoms with Gasteiger partial charge in [0.25, 0.3) is 0 Å². The normalized spacial score (nSPS) is 11.9. The van der Waals surface area contributed by atoms with E-state index in [1.807, 2.05) is 0 Å². The number of hydrogen-bond donors (Lipinski definition) is 5. The molecule has 0 fully saturated rings. The van der Waals surface area contributed by atoms with Gasteiger partial charge in [0.05, 0.1) is 31.9 Å². The lowest BCUT2D eigenvalue weighted by atomic mass is 10.0. The van der Waals surface area contributed by atoms with Crippen molar-refractivity contribution >= 4 is 0 Å². The van der Waals surface area contributed by atoms with Gasteiger partial charge < -0.3 is 20.3 Å². The van der Waals surface area contributed by atoms with Crippen molar-refractivity contribution in [3.63, 3.8) is 0 Å². The quantitative estimate of drug-likeness (QED) is 0.374. The number of nitrogens with zero attached hydrogens (tertiary/aromatic N) is 1. The maximum Gasteiger partial charge on any atom is 0.120 e. The van der Waals surface area contributed by atoms with Gasteiger partial charge in [-0.2, -0.15) is 0 Å². The van der Waals surface area contributed by atoms with E-state index in [1.165, 1.54) is 0 Å². The first kappa shape index (κ1) is 11.1. The summed E-state index contributed by atoms with van der Waals surface area (Å²) < 4.78 is 0. The molecule has 0 spiro atoms. The summed E-state index contributed by atoms with van der Waals surface area (Å²) >= 11 is 0. The summed E-state index contributed by atoms with van der Waals surface area (Å²) in [4.78, 5) is 6.82. The molecule has 0 atom stereocenters. The second-order valence-electron chi connectivity index (χ2n) is 3.14. The van der Waals surface area contributed by atoms with Crippen LogP contribution in [0.3, 0.4) is 0 Å². The molecule has 0 aromatic carbocycles. The van der Waals surface area contributed by atoms with Gasteiger partial charge in [-0.25, -0.2) is 4.98 Å². The summed E-state index contributed by atoms with van der Waals surface area (Å²) in [6.07, 6.45) is 3.28. The smallest absolute Gasteiger partial charge is 0.120 e. The summed E-state index contributed by atoms with van der Waals surface area (Å²) in [5.74, 6) is 0.685. The number of aromatic nitrogens is 2. The predicted octanol–water partition coefficient (Wildman–Crippen LogP) is -1.78. The number of imidazole rings is 1. The number of nitrogens with one attached hydrogen (secondary N) is 2. The Morgan fingerprint density at radius 2 is 1.93 bits per heavy atom. The largest absolute Gasteiger partial charge is 0.394 e. The molecule has 0 radical (unpaired) electrons. The van der Waals surface area contributed by atoms with Gasteiger partial charge in [0.2, 0.25) is 0 Å². The van der Waals surface area contributed by atoms with Crippen LogP contribution in [-0.2, 0) is 6.54 Å². The Bertz CT molecular complexity index is 238. The van der Waals surface area contributed by atoms with E-state index in [1.54, 1.807) is 12.4 Å². The van der Waals surface area contributed by atoms with Crippen molar-refractivity contribution in [1.82, 2.24) is 15.3 Å². The maximum absolute atomic E-state index is 8.99. The number of rotatable bonds is 6. The van der Waals surface area contributed by atoms with Crippen LogP contribution in [0, 0.1) is 0 Å². The van der Waals surface area contributed by atoms with Gasteiger partial charge in [-0.3, -0.25) is 5.32 Å². The fourth-order valence-electron chi connectivity index (χ4n) is 0.984. The minimum Gasteiger partial charge on any atom is -0.394 e. The number of hydrogen-bond acceptors (Lipinski definition) is 5. The third-order valence-corrected chi connectivity index (χ3v) is 2.09. The van der Waals surface area contributed by atoms with Gasteiger partial charge in [0.1, 0.15) is 5.82 Å². The number of H-pyrrole nitrogens is 1. The number of aromatic amines is 1. The van der Waals surface area contributed by atoms with Gasteiger partial charge in [-0.15, -0.1) is 0 Å². The van der Waals surface area contributed by atoms with E-state index in [9.17, 15) is 0 Å². The van der Waals surface area contributed by atoms with Gasteiger partial charge >= 0.3 is 0 Å². The molecule has 1 aromatic rings. The molecule has 0 aliphatic carbocycles. The van der Waals surface area contributed by atoms with Crippen LogP contribution in [0.1, 0.15) is 5.82 Å². The zero-order valence-corrected chi connectivity index (χ0v) is 7.77. The zero-order valence-electron chi connectivity index (χ0n) is 7.77. The van der Waals surface area contributed by atoms with Crippen LogP contribution in [0.4, 0.5) is 0 Å². The van der Waals surface area contributed by atoms with Gasteiger partial charge in [0.15, 0.2) is 0 Å². The third-order valence-electron chi connectivity index (χ3n) is 2.09. The van der Waals surface area contributed by atoms with Crippen molar-refractivity contribution in [2.24, 2.45) is 0 Å². The maximum atomic E-state index is 8.99. The van der Waals surface area contributed by atoms with Crippen molar-refractivity contribution < 1.29 is 15.3 Å². The van der Waals surface area contributed by atoms with Crippen molar-refractivity contribution in [3.05, 3.63) is 18.2 Å². The van der Waals surface area contributed by atoms with E-state index in [0.717, 1.165) is 0 Å². The molecule has 1 rings (SSSR count). The van der Waals surface area contributed by atoms with Crippen LogP contribution in [0.25, 0.3) is 0 Å². The Balaban J connectivity index is 2.48. The lowest BCUT2D eigenvalue weighted by molar-refractivity contribution is 0.0409. The Morgan fingerprint density at radius 3 is 2.36 bits per heavy atom. The molecule has 1 heterocycles.